The van der Waals surface area contributed by atoms with Gasteiger partial charge in [-0.1, -0.05) is 182 Å². The van der Waals surface area contributed by atoms with Crippen molar-refractivity contribution in [2.75, 3.05) is 0 Å². The molecule has 0 heterocycles. The van der Waals surface area contributed by atoms with Crippen LogP contribution >= 0.6 is 0 Å². The molecular formula is C56H57N. The maximum absolute atomic E-state index is 5.23. The first kappa shape index (κ1) is 38.4. The number of benzene rings is 4. The minimum atomic E-state index is 0.464. The molecule has 4 aliphatic carbocycles. The van der Waals surface area contributed by atoms with Gasteiger partial charge in [0.2, 0.25) is 0 Å². The third-order valence-corrected chi connectivity index (χ3v) is 13.0. The summed E-state index contributed by atoms with van der Waals surface area (Å²) in [5.74, 6) is 2.94. The summed E-state index contributed by atoms with van der Waals surface area (Å²) in [4.78, 5) is 5.23. The summed E-state index contributed by atoms with van der Waals surface area (Å²) in [6.45, 7) is 8.81. The molecule has 1 nitrogen and oxygen atoms in total. The molecule has 0 amide bonds. The molecule has 4 aromatic rings. The van der Waals surface area contributed by atoms with Crippen LogP contribution in [0.2, 0.25) is 0 Å². The van der Waals surface area contributed by atoms with Crippen molar-refractivity contribution < 1.29 is 0 Å². The average Bonchev–Trinajstić information content (AvgIpc) is 3.29. The molecule has 8 rings (SSSR count). The molecule has 5 atom stereocenters. The van der Waals surface area contributed by atoms with Crippen molar-refractivity contribution >= 4 is 11.4 Å². The summed E-state index contributed by atoms with van der Waals surface area (Å²) in [7, 11) is 0. The van der Waals surface area contributed by atoms with Crippen molar-refractivity contribution in [3.05, 3.63) is 215 Å². The molecular weight excluding hydrogens is 687 g/mol. The lowest BCUT2D eigenvalue weighted by molar-refractivity contribution is 0.424. The molecule has 5 unspecified atom stereocenters. The molecule has 0 N–H and O–H groups in total. The van der Waals surface area contributed by atoms with Crippen molar-refractivity contribution in [2.45, 2.75) is 77.6 Å². The molecule has 0 bridgehead atoms. The fourth-order valence-electron chi connectivity index (χ4n) is 9.64. The van der Waals surface area contributed by atoms with E-state index in [9.17, 15) is 0 Å². The van der Waals surface area contributed by atoms with Crippen molar-refractivity contribution in [1.29, 1.82) is 0 Å². The summed E-state index contributed by atoms with van der Waals surface area (Å²) in [5.41, 5.74) is 18.8. The zero-order valence-corrected chi connectivity index (χ0v) is 33.9. The lowest BCUT2D eigenvalue weighted by atomic mass is 9.69. The largest absolute Gasteiger partial charge is 0.239 e. The molecule has 0 saturated carbocycles. The fourth-order valence-corrected chi connectivity index (χ4v) is 9.64. The van der Waals surface area contributed by atoms with Crippen LogP contribution in [0.1, 0.15) is 94.2 Å². The van der Waals surface area contributed by atoms with E-state index in [1.165, 1.54) is 54.4 Å². The van der Waals surface area contributed by atoms with Crippen LogP contribution in [-0.4, -0.2) is 5.71 Å². The Kier molecular flexibility index (Phi) is 12.2. The normalized spacial score (nSPS) is 24.1. The highest BCUT2D eigenvalue weighted by molar-refractivity contribution is 6.11. The van der Waals surface area contributed by atoms with Crippen LogP contribution in [-0.2, 0) is 0 Å². The molecule has 0 fully saturated rings. The number of allylic oxidation sites excluding steroid dienone is 12. The molecule has 0 radical (unpaired) electrons. The minimum absolute atomic E-state index is 0.464. The fraction of sp³-hybridized carbons (Fsp3) is 0.286. The van der Waals surface area contributed by atoms with Gasteiger partial charge in [0, 0.05) is 17.0 Å². The molecule has 286 valence electrons. The Balaban J connectivity index is 0.979. The van der Waals surface area contributed by atoms with Gasteiger partial charge in [0.1, 0.15) is 5.70 Å². The van der Waals surface area contributed by atoms with Gasteiger partial charge in [-0.05, 0) is 122 Å². The van der Waals surface area contributed by atoms with Gasteiger partial charge in [-0.25, -0.2) is 4.99 Å². The topological polar surface area (TPSA) is 12.4 Å². The number of rotatable bonds is 10. The van der Waals surface area contributed by atoms with E-state index < -0.39 is 0 Å². The van der Waals surface area contributed by atoms with Crippen molar-refractivity contribution in [2.24, 2.45) is 28.7 Å². The SMILES string of the molecule is C=C=C(/N=C(\C=C(/C)C1CC=CC(C2=CC=C(C3=CCC(C)CC3C3=CCC(c4ccccc4)CC3)CC2)C1)c1ccccc1)c1ccc(-c2ccccc2)cc1. The van der Waals surface area contributed by atoms with Crippen LogP contribution in [0.25, 0.3) is 16.8 Å². The highest BCUT2D eigenvalue weighted by Gasteiger charge is 2.31. The van der Waals surface area contributed by atoms with Gasteiger partial charge in [0.05, 0.1) is 5.71 Å². The zero-order valence-electron chi connectivity index (χ0n) is 33.9. The summed E-state index contributed by atoms with van der Waals surface area (Å²) < 4.78 is 0. The Morgan fingerprint density at radius 2 is 1.42 bits per heavy atom. The van der Waals surface area contributed by atoms with Gasteiger partial charge in [-0.15, -0.1) is 5.73 Å². The predicted molar refractivity (Wildman–Crippen MR) is 243 cm³/mol. The number of hydrogen-bond donors (Lipinski definition) is 0. The smallest absolute Gasteiger partial charge is 0.112 e. The highest BCUT2D eigenvalue weighted by Crippen LogP contribution is 2.46. The van der Waals surface area contributed by atoms with E-state index in [-0.39, 0.29) is 0 Å². The number of nitrogens with zero attached hydrogens (tertiary/aromatic N) is 1. The molecule has 0 aliphatic heterocycles. The van der Waals surface area contributed by atoms with E-state index in [0.29, 0.717) is 23.7 Å². The van der Waals surface area contributed by atoms with E-state index in [1.807, 2.05) is 0 Å². The monoisotopic (exact) mass is 743 g/mol. The van der Waals surface area contributed by atoms with Crippen molar-refractivity contribution in [3.63, 3.8) is 0 Å². The molecule has 4 aromatic carbocycles. The third-order valence-electron chi connectivity index (χ3n) is 13.0. The maximum Gasteiger partial charge on any atom is 0.112 e. The lowest BCUT2D eigenvalue weighted by Crippen LogP contribution is -2.21. The molecule has 1 heteroatoms. The van der Waals surface area contributed by atoms with E-state index in [0.717, 1.165) is 54.1 Å². The Hall–Kier alpha value is -5.49. The van der Waals surface area contributed by atoms with Gasteiger partial charge in [0.25, 0.3) is 0 Å². The van der Waals surface area contributed by atoms with Crippen LogP contribution in [0, 0.1) is 23.7 Å². The van der Waals surface area contributed by atoms with Crippen molar-refractivity contribution in [3.8, 4) is 11.1 Å². The first-order chi connectivity index (χ1) is 28.0. The second-order valence-electron chi connectivity index (χ2n) is 16.8. The second kappa shape index (κ2) is 18.2. The second-order valence-corrected chi connectivity index (χ2v) is 16.8. The molecule has 0 saturated heterocycles. The van der Waals surface area contributed by atoms with E-state index in [2.05, 4.69) is 184 Å². The van der Waals surface area contributed by atoms with Crippen LogP contribution in [0.15, 0.2) is 203 Å². The van der Waals surface area contributed by atoms with Crippen LogP contribution in [0.3, 0.4) is 0 Å². The lowest BCUT2D eigenvalue weighted by Gasteiger charge is -2.35. The Morgan fingerprint density at radius 1 is 0.702 bits per heavy atom. The number of hydrogen-bond acceptors (Lipinski definition) is 1. The quantitative estimate of drug-likeness (QED) is 0.0871. The first-order valence-electron chi connectivity index (χ1n) is 21.4. The minimum Gasteiger partial charge on any atom is -0.239 e. The zero-order chi connectivity index (χ0) is 39.0. The summed E-state index contributed by atoms with van der Waals surface area (Å²) >= 11 is 0. The van der Waals surface area contributed by atoms with Crippen LogP contribution in [0.4, 0.5) is 0 Å². The van der Waals surface area contributed by atoms with E-state index in [1.54, 1.807) is 22.3 Å². The Morgan fingerprint density at radius 3 is 2.11 bits per heavy atom. The predicted octanol–water partition coefficient (Wildman–Crippen LogP) is 15.0. The Labute approximate surface area is 342 Å². The molecule has 4 aliphatic rings. The highest BCUT2D eigenvalue weighted by atomic mass is 14.8. The van der Waals surface area contributed by atoms with Crippen LogP contribution < -0.4 is 0 Å². The van der Waals surface area contributed by atoms with E-state index >= 15 is 0 Å². The van der Waals surface area contributed by atoms with E-state index in [4.69, 9.17) is 4.99 Å². The van der Waals surface area contributed by atoms with Gasteiger partial charge in [-0.3, -0.25) is 0 Å². The third kappa shape index (κ3) is 9.23. The first-order valence-corrected chi connectivity index (χ1v) is 21.4. The summed E-state index contributed by atoms with van der Waals surface area (Å²) in [6.07, 6.45) is 28.1. The van der Waals surface area contributed by atoms with Crippen molar-refractivity contribution in [1.82, 2.24) is 0 Å². The maximum atomic E-state index is 5.23. The van der Waals surface area contributed by atoms with Gasteiger partial charge in [0.15, 0.2) is 0 Å². The van der Waals surface area contributed by atoms with Gasteiger partial charge >= 0.3 is 0 Å². The standard InChI is InChI=1S/C56H57N/c1-4-55(50-34-28-45(29-35-50)43-17-10-6-11-18-43)57-56(49-19-12-7-13-20-49)38-41(3)51-21-14-22-52(39-51)46-26-30-47(31-27-46)53-36-23-40(2)37-54(53)48-32-24-44(25-33-48)42-15-8-5-9-16-42/h5-20,22,26,28-30,32,34-36,38,40,44,51-52,54H,1,21,23-25,27,31,33,37,39H2,2-3H3/b41-38+,57-56+. The van der Waals surface area contributed by atoms with Gasteiger partial charge < -0.3 is 0 Å². The van der Waals surface area contributed by atoms with Crippen LogP contribution in [0.5, 0.6) is 0 Å². The molecule has 0 aromatic heterocycles. The summed E-state index contributed by atoms with van der Waals surface area (Å²) in [6, 6.07) is 40.8. The van der Waals surface area contributed by atoms with Gasteiger partial charge in [-0.2, -0.15) is 0 Å². The Bertz CT molecular complexity index is 2280. The summed E-state index contributed by atoms with van der Waals surface area (Å²) in [5, 5.41) is 0. The molecule has 0 spiro atoms. The number of aliphatic imine (C=N–C) groups is 1. The molecule has 57 heavy (non-hydrogen) atoms. The average molecular weight is 744 g/mol.